The molecular formula is C23H31F3N4O3S. The molecule has 0 radical (unpaired) electrons. The maximum absolute atomic E-state index is 12.9. The minimum absolute atomic E-state index is 0.206. The average molecular weight is 501 g/mol. The molecule has 4 N–H and O–H groups in total. The largest absolute Gasteiger partial charge is 0.573 e. The lowest BCUT2D eigenvalue weighted by Gasteiger charge is -2.37. The van der Waals surface area contributed by atoms with Crippen molar-refractivity contribution in [3.8, 4) is 5.75 Å². The maximum Gasteiger partial charge on any atom is 0.573 e. The van der Waals surface area contributed by atoms with E-state index in [0.29, 0.717) is 34.2 Å². The first-order valence-electron chi connectivity index (χ1n) is 11.4. The Kier molecular flexibility index (Phi) is 8.40. The highest BCUT2D eigenvalue weighted by Crippen LogP contribution is 2.39. The molecule has 1 aliphatic carbocycles. The van der Waals surface area contributed by atoms with Crippen molar-refractivity contribution in [3.63, 3.8) is 0 Å². The molecule has 0 saturated heterocycles. The van der Waals surface area contributed by atoms with E-state index in [9.17, 15) is 22.8 Å². The van der Waals surface area contributed by atoms with Gasteiger partial charge in [-0.25, -0.2) is 4.98 Å². The summed E-state index contributed by atoms with van der Waals surface area (Å²) in [5.41, 5.74) is 6.10. The molecule has 34 heavy (non-hydrogen) atoms. The fourth-order valence-corrected chi connectivity index (χ4v) is 5.31. The molecule has 11 heteroatoms. The third-order valence-corrected chi connectivity index (χ3v) is 6.92. The van der Waals surface area contributed by atoms with E-state index >= 15 is 0 Å². The number of aromatic nitrogens is 1. The quantitative estimate of drug-likeness (QED) is 0.451. The summed E-state index contributed by atoms with van der Waals surface area (Å²) in [6, 6.07) is 3.27. The van der Waals surface area contributed by atoms with Gasteiger partial charge in [-0.3, -0.25) is 9.59 Å². The lowest BCUT2D eigenvalue weighted by atomic mass is 9.71. The first-order valence-corrected chi connectivity index (χ1v) is 12.3. The zero-order valence-electron chi connectivity index (χ0n) is 19.3. The van der Waals surface area contributed by atoms with Gasteiger partial charge in [0.1, 0.15) is 5.75 Å². The number of nitrogens with one attached hydrogen (secondary N) is 2. The molecule has 2 aromatic rings. The van der Waals surface area contributed by atoms with E-state index in [1.165, 1.54) is 18.2 Å². The fraction of sp³-hybridized carbons (Fsp3) is 0.609. The third kappa shape index (κ3) is 7.56. The number of nitrogens with two attached hydrogens (primary N) is 1. The number of hydrogen-bond acceptors (Lipinski definition) is 6. The van der Waals surface area contributed by atoms with Crippen molar-refractivity contribution >= 4 is 38.5 Å². The summed E-state index contributed by atoms with van der Waals surface area (Å²) in [7, 11) is 0. The van der Waals surface area contributed by atoms with Gasteiger partial charge in [0.25, 0.3) is 0 Å². The third-order valence-electron chi connectivity index (χ3n) is 5.99. The van der Waals surface area contributed by atoms with Crippen molar-refractivity contribution in [2.45, 2.75) is 71.2 Å². The van der Waals surface area contributed by atoms with Gasteiger partial charge in [0.05, 0.1) is 16.3 Å². The Morgan fingerprint density at radius 1 is 1.24 bits per heavy atom. The highest BCUT2D eigenvalue weighted by molar-refractivity contribution is 7.22. The maximum atomic E-state index is 12.9. The fourth-order valence-electron chi connectivity index (χ4n) is 4.40. The van der Waals surface area contributed by atoms with Crippen LogP contribution in [0.1, 0.15) is 58.8 Å². The SMILES string of the molecule is CC(C)CC(N)C(=O)NCC1(CC(=O)Nc2nc3ccc(OC(F)(F)F)cc3s2)CCCCC1. The predicted octanol–water partition coefficient (Wildman–Crippen LogP) is 4.96. The van der Waals surface area contributed by atoms with Crippen LogP contribution in [0.3, 0.4) is 0 Å². The van der Waals surface area contributed by atoms with Crippen LogP contribution >= 0.6 is 11.3 Å². The molecule has 0 aliphatic heterocycles. The summed E-state index contributed by atoms with van der Waals surface area (Å²) in [5, 5.41) is 6.03. The van der Waals surface area contributed by atoms with Crippen molar-refractivity contribution in [1.82, 2.24) is 10.3 Å². The number of hydrogen-bond donors (Lipinski definition) is 3. The van der Waals surface area contributed by atoms with Gasteiger partial charge in [0, 0.05) is 19.0 Å². The summed E-state index contributed by atoms with van der Waals surface area (Å²) in [5.74, 6) is -0.482. The Balaban J connectivity index is 1.64. The summed E-state index contributed by atoms with van der Waals surface area (Å²) in [4.78, 5) is 29.6. The molecule has 7 nitrogen and oxygen atoms in total. The van der Waals surface area contributed by atoms with Crippen LogP contribution in [0.15, 0.2) is 18.2 Å². The second-order valence-electron chi connectivity index (χ2n) is 9.44. The molecule has 1 aliphatic rings. The molecule has 1 aromatic carbocycles. The molecule has 0 spiro atoms. The van der Waals surface area contributed by atoms with Gasteiger partial charge in [0.15, 0.2) is 5.13 Å². The molecule has 0 bridgehead atoms. The second kappa shape index (κ2) is 10.9. The van der Waals surface area contributed by atoms with E-state index in [1.807, 2.05) is 13.8 Å². The number of carbonyl (C=O) groups is 2. The van der Waals surface area contributed by atoms with Gasteiger partial charge < -0.3 is 21.1 Å². The summed E-state index contributed by atoms with van der Waals surface area (Å²) in [6.45, 7) is 4.39. The lowest BCUT2D eigenvalue weighted by molar-refractivity contribution is -0.274. The van der Waals surface area contributed by atoms with Crippen LogP contribution in [0.2, 0.25) is 0 Å². The molecule has 1 heterocycles. The molecule has 1 saturated carbocycles. The van der Waals surface area contributed by atoms with Crippen molar-refractivity contribution in [1.29, 1.82) is 0 Å². The number of rotatable bonds is 9. The monoisotopic (exact) mass is 500 g/mol. The summed E-state index contributed by atoms with van der Waals surface area (Å²) in [6.07, 6.45) is 0.699. The summed E-state index contributed by atoms with van der Waals surface area (Å²) < 4.78 is 41.8. The van der Waals surface area contributed by atoms with Crippen LogP contribution in [0.5, 0.6) is 5.75 Å². The predicted molar refractivity (Wildman–Crippen MR) is 126 cm³/mol. The second-order valence-corrected chi connectivity index (χ2v) is 10.5. The molecule has 1 unspecified atom stereocenters. The number of halogens is 3. The Bertz CT molecular complexity index is 1000. The molecule has 188 valence electrons. The van der Waals surface area contributed by atoms with Crippen molar-refractivity contribution in [2.75, 3.05) is 11.9 Å². The number of amides is 2. The number of fused-ring (bicyclic) bond motifs is 1. The van der Waals surface area contributed by atoms with E-state index < -0.39 is 12.4 Å². The number of alkyl halides is 3. The van der Waals surface area contributed by atoms with Gasteiger partial charge in [-0.15, -0.1) is 13.2 Å². The Labute approximate surface area is 200 Å². The molecule has 1 atom stereocenters. The highest BCUT2D eigenvalue weighted by Gasteiger charge is 2.35. The Hall–Kier alpha value is -2.40. The van der Waals surface area contributed by atoms with E-state index in [1.54, 1.807) is 0 Å². The van der Waals surface area contributed by atoms with Crippen LogP contribution < -0.4 is 21.1 Å². The van der Waals surface area contributed by atoms with Crippen LogP contribution in [0.4, 0.5) is 18.3 Å². The smallest absolute Gasteiger partial charge is 0.406 e. The number of ether oxygens (including phenoxy) is 1. The van der Waals surface area contributed by atoms with E-state index in [2.05, 4.69) is 20.4 Å². The minimum atomic E-state index is -4.78. The normalized spacial score (nSPS) is 16.9. The standard InChI is InChI=1S/C23H31F3N4O3S/c1-14(2)10-16(27)20(32)28-13-22(8-4-3-5-9-22)12-19(31)30-21-29-17-7-6-15(11-18(17)34-21)33-23(24,25)26/h6-7,11,14,16H,3-5,8-10,12-13,27H2,1-2H3,(H,28,32)(H,29,30,31). The minimum Gasteiger partial charge on any atom is -0.406 e. The molecule has 2 amide bonds. The van der Waals surface area contributed by atoms with Crippen LogP contribution in [-0.4, -0.2) is 35.7 Å². The zero-order chi connectivity index (χ0) is 24.9. The van der Waals surface area contributed by atoms with E-state index in [4.69, 9.17) is 5.73 Å². The highest BCUT2D eigenvalue weighted by atomic mass is 32.1. The van der Waals surface area contributed by atoms with E-state index in [0.717, 1.165) is 43.4 Å². The molecule has 3 rings (SSSR count). The van der Waals surface area contributed by atoms with E-state index in [-0.39, 0.29) is 29.4 Å². The summed E-state index contributed by atoms with van der Waals surface area (Å²) >= 11 is 1.08. The van der Waals surface area contributed by atoms with Gasteiger partial charge in [-0.2, -0.15) is 0 Å². The average Bonchev–Trinajstić information content (AvgIpc) is 3.12. The van der Waals surface area contributed by atoms with Crippen molar-refractivity contribution in [2.24, 2.45) is 17.1 Å². The van der Waals surface area contributed by atoms with Crippen molar-refractivity contribution in [3.05, 3.63) is 18.2 Å². The van der Waals surface area contributed by atoms with Crippen molar-refractivity contribution < 1.29 is 27.5 Å². The number of nitrogens with zero attached hydrogens (tertiary/aromatic N) is 1. The van der Waals surface area contributed by atoms with Crippen LogP contribution in [0.25, 0.3) is 10.2 Å². The Morgan fingerprint density at radius 2 is 1.94 bits per heavy atom. The Morgan fingerprint density at radius 3 is 2.59 bits per heavy atom. The van der Waals surface area contributed by atoms with Gasteiger partial charge >= 0.3 is 6.36 Å². The first kappa shape index (κ1) is 26.2. The van der Waals surface area contributed by atoms with Gasteiger partial charge in [0.2, 0.25) is 11.8 Å². The van der Waals surface area contributed by atoms with Gasteiger partial charge in [-0.05, 0) is 42.7 Å². The zero-order valence-corrected chi connectivity index (χ0v) is 20.2. The molecular weight excluding hydrogens is 469 g/mol. The number of anilines is 1. The number of carbonyl (C=O) groups excluding carboxylic acids is 2. The topological polar surface area (TPSA) is 106 Å². The van der Waals surface area contributed by atoms with Crippen LogP contribution in [-0.2, 0) is 9.59 Å². The number of benzene rings is 1. The number of thiazole rings is 1. The lowest BCUT2D eigenvalue weighted by Crippen LogP contribution is -2.47. The van der Waals surface area contributed by atoms with Crippen LogP contribution in [0, 0.1) is 11.3 Å². The van der Waals surface area contributed by atoms with Gasteiger partial charge in [-0.1, -0.05) is 44.4 Å². The molecule has 1 fully saturated rings. The molecule has 1 aromatic heterocycles. The first-order chi connectivity index (χ1) is 15.9.